The lowest BCUT2D eigenvalue weighted by Crippen LogP contribution is -2.44. The molecule has 0 unspecified atom stereocenters. The highest BCUT2D eigenvalue weighted by molar-refractivity contribution is 9.10. The van der Waals surface area contributed by atoms with Crippen LogP contribution in [0.1, 0.15) is 31.2 Å². The van der Waals surface area contributed by atoms with Gasteiger partial charge in [-0.25, -0.2) is 0 Å². The van der Waals surface area contributed by atoms with Crippen LogP contribution in [-0.2, 0) is 19.1 Å². The quantitative estimate of drug-likeness (QED) is 0.555. The highest BCUT2D eigenvalue weighted by atomic mass is 79.9. The first-order valence-electron chi connectivity index (χ1n) is 8.49. The Balaban J connectivity index is 2.12. The predicted octanol–water partition coefficient (Wildman–Crippen LogP) is 2.42. The van der Waals surface area contributed by atoms with Gasteiger partial charge in [0.05, 0.1) is 18.7 Å². The fraction of sp³-hybridized carbons (Fsp3) is 0.421. The van der Waals surface area contributed by atoms with Gasteiger partial charge in [-0.15, -0.1) is 0 Å². The van der Waals surface area contributed by atoms with E-state index in [1.165, 1.54) is 14.2 Å². The summed E-state index contributed by atoms with van der Waals surface area (Å²) in [5.74, 6) is -2.63. The topological polar surface area (TPSA) is 102 Å². The van der Waals surface area contributed by atoms with E-state index in [9.17, 15) is 19.5 Å². The van der Waals surface area contributed by atoms with E-state index in [2.05, 4.69) is 21.2 Å². The number of nitrogens with one attached hydrogen (secondary N) is 1. The van der Waals surface area contributed by atoms with Crippen LogP contribution in [0.25, 0.3) is 0 Å². The Labute approximate surface area is 164 Å². The number of halogens is 1. The Morgan fingerprint density at radius 2 is 1.96 bits per heavy atom. The molecule has 7 nitrogen and oxygen atoms in total. The van der Waals surface area contributed by atoms with E-state index in [0.29, 0.717) is 27.7 Å². The first-order valence-corrected chi connectivity index (χ1v) is 9.29. The number of aromatic hydroxyl groups is 1. The molecule has 1 aromatic carbocycles. The van der Waals surface area contributed by atoms with Crippen molar-refractivity contribution in [3.63, 3.8) is 0 Å². The normalized spacial score (nSPS) is 25.0. The second-order valence-electron chi connectivity index (χ2n) is 6.80. The van der Waals surface area contributed by atoms with Crippen molar-refractivity contribution in [2.24, 2.45) is 11.8 Å². The smallest absolute Gasteiger partial charge is 0.316 e. The van der Waals surface area contributed by atoms with E-state index in [1.807, 2.05) is 0 Å². The molecular formula is C19H20BrNO6. The van der Waals surface area contributed by atoms with Crippen LogP contribution in [0.5, 0.6) is 11.5 Å². The minimum absolute atomic E-state index is 0.0627. The van der Waals surface area contributed by atoms with E-state index in [0.717, 1.165) is 0 Å². The molecule has 3 atom stereocenters. The Kier molecular flexibility index (Phi) is 5.28. The van der Waals surface area contributed by atoms with Crippen molar-refractivity contribution in [3.05, 3.63) is 33.4 Å². The Bertz CT molecular complexity index is 862. The first kappa shape index (κ1) is 19.4. The van der Waals surface area contributed by atoms with Crippen molar-refractivity contribution in [3.8, 4) is 11.5 Å². The van der Waals surface area contributed by atoms with E-state index in [1.54, 1.807) is 19.1 Å². The number of rotatable bonds is 3. The molecule has 0 spiro atoms. The van der Waals surface area contributed by atoms with Crippen molar-refractivity contribution < 1.29 is 29.0 Å². The number of carbonyl (C=O) groups excluding carboxylic acids is 3. The van der Waals surface area contributed by atoms with Crippen molar-refractivity contribution in [2.75, 3.05) is 14.2 Å². The highest BCUT2D eigenvalue weighted by Gasteiger charge is 2.45. The lowest BCUT2D eigenvalue weighted by Gasteiger charge is -2.36. The van der Waals surface area contributed by atoms with E-state index in [4.69, 9.17) is 9.47 Å². The number of carbonyl (C=O) groups is 3. The maximum Gasteiger partial charge on any atom is 0.316 e. The summed E-state index contributed by atoms with van der Waals surface area (Å²) in [5, 5.41) is 12.8. The zero-order valence-corrected chi connectivity index (χ0v) is 16.8. The summed E-state index contributed by atoms with van der Waals surface area (Å²) < 4.78 is 10.4. The number of allylic oxidation sites excluding steroid dienone is 2. The molecule has 144 valence electrons. The highest BCUT2D eigenvalue weighted by Crippen LogP contribution is 2.45. The van der Waals surface area contributed by atoms with E-state index in [-0.39, 0.29) is 35.5 Å². The summed E-state index contributed by atoms with van der Waals surface area (Å²) in [4.78, 5) is 37.6. The number of hydrogen-bond acceptors (Lipinski definition) is 6. The molecule has 0 saturated carbocycles. The van der Waals surface area contributed by atoms with Gasteiger partial charge in [0, 0.05) is 23.6 Å². The zero-order valence-electron chi connectivity index (χ0n) is 15.2. The molecule has 0 fully saturated rings. The van der Waals surface area contributed by atoms with Crippen molar-refractivity contribution in [2.45, 2.75) is 25.7 Å². The zero-order chi connectivity index (χ0) is 19.9. The number of esters is 1. The van der Waals surface area contributed by atoms with Gasteiger partial charge in [0.2, 0.25) is 5.91 Å². The average molecular weight is 438 g/mol. The molecule has 1 heterocycles. The van der Waals surface area contributed by atoms with Crippen LogP contribution in [0, 0.1) is 11.8 Å². The first-order chi connectivity index (χ1) is 12.8. The number of phenols is 1. The molecule has 1 aliphatic carbocycles. The Morgan fingerprint density at radius 1 is 1.26 bits per heavy atom. The third kappa shape index (κ3) is 3.34. The van der Waals surface area contributed by atoms with Crippen LogP contribution in [0.2, 0.25) is 0 Å². The molecule has 0 aromatic heterocycles. The van der Waals surface area contributed by atoms with Gasteiger partial charge in [0.15, 0.2) is 17.3 Å². The van der Waals surface area contributed by atoms with Crippen LogP contribution in [0.3, 0.4) is 0 Å². The number of phenolic OH excluding ortho intramolecular Hbond substituents is 1. The van der Waals surface area contributed by atoms with Crippen LogP contribution < -0.4 is 10.1 Å². The lowest BCUT2D eigenvalue weighted by atomic mass is 9.70. The predicted molar refractivity (Wildman–Crippen MR) is 99.2 cm³/mol. The van der Waals surface area contributed by atoms with Crippen molar-refractivity contribution >= 4 is 33.6 Å². The number of benzene rings is 1. The van der Waals surface area contributed by atoms with Crippen molar-refractivity contribution in [1.82, 2.24) is 5.32 Å². The third-order valence-electron chi connectivity index (χ3n) is 5.12. The molecule has 27 heavy (non-hydrogen) atoms. The molecule has 2 N–H and O–H groups in total. The Morgan fingerprint density at radius 3 is 2.59 bits per heavy atom. The molecular weight excluding hydrogens is 418 g/mol. The van der Waals surface area contributed by atoms with Crippen LogP contribution in [-0.4, -0.2) is 37.0 Å². The maximum atomic E-state index is 13.2. The number of ether oxygens (including phenoxy) is 2. The largest absolute Gasteiger partial charge is 0.503 e. The summed E-state index contributed by atoms with van der Waals surface area (Å²) in [5.41, 5.74) is 1.62. The van der Waals surface area contributed by atoms with Gasteiger partial charge >= 0.3 is 5.97 Å². The van der Waals surface area contributed by atoms with Crippen molar-refractivity contribution in [1.29, 1.82) is 0 Å². The molecule has 0 bridgehead atoms. The molecule has 1 amide bonds. The summed E-state index contributed by atoms with van der Waals surface area (Å²) in [6.07, 6.45) is 0.465. The summed E-state index contributed by atoms with van der Waals surface area (Å²) in [6.45, 7) is 1.79. The fourth-order valence-corrected chi connectivity index (χ4v) is 4.29. The summed E-state index contributed by atoms with van der Waals surface area (Å²) >= 11 is 3.27. The number of hydrogen-bond donors (Lipinski definition) is 2. The third-order valence-corrected chi connectivity index (χ3v) is 5.73. The molecule has 1 aliphatic heterocycles. The van der Waals surface area contributed by atoms with Gasteiger partial charge in [-0.3, -0.25) is 14.4 Å². The minimum Gasteiger partial charge on any atom is -0.503 e. The second-order valence-corrected chi connectivity index (χ2v) is 7.65. The number of amides is 1. The Hall–Kier alpha value is -2.35. The maximum absolute atomic E-state index is 13.2. The molecule has 1 aromatic rings. The van der Waals surface area contributed by atoms with E-state index < -0.39 is 17.8 Å². The average Bonchev–Trinajstić information content (AvgIpc) is 2.62. The van der Waals surface area contributed by atoms with Gasteiger partial charge in [-0.2, -0.15) is 0 Å². The van der Waals surface area contributed by atoms with Crippen LogP contribution >= 0.6 is 15.9 Å². The molecule has 2 aliphatic rings. The molecule has 0 saturated heterocycles. The monoisotopic (exact) mass is 437 g/mol. The van der Waals surface area contributed by atoms with Gasteiger partial charge in [0.25, 0.3) is 0 Å². The summed E-state index contributed by atoms with van der Waals surface area (Å²) in [7, 11) is 2.68. The molecule has 8 heteroatoms. The summed E-state index contributed by atoms with van der Waals surface area (Å²) in [6, 6.07) is 3.26. The number of Topliss-reactive ketones (excluding diaryl/α,β-unsaturated/α-hetero) is 1. The number of ketones is 1. The van der Waals surface area contributed by atoms with E-state index >= 15 is 0 Å². The second kappa shape index (κ2) is 7.34. The van der Waals surface area contributed by atoms with Crippen LogP contribution in [0.4, 0.5) is 0 Å². The molecule has 3 rings (SSSR count). The van der Waals surface area contributed by atoms with Gasteiger partial charge < -0.3 is 19.9 Å². The standard InChI is InChI=1S/C19H20BrNO6/c1-8-4-12-16(18(24)15(8)19(25)27-3)10(7-14(22)21-12)9-5-11(20)17(23)13(6-9)26-2/h5-6,8,10,15,23H,4,7H2,1-3H3,(H,21,22)/t8-,10-,15-/m0/s1. The van der Waals surface area contributed by atoms with Gasteiger partial charge in [0.1, 0.15) is 5.92 Å². The fourth-order valence-electron chi connectivity index (χ4n) is 3.83. The SMILES string of the molecule is COC(=O)[C@@H]1C(=O)C2=C(C[C@@H]1C)NC(=O)C[C@H]2c1cc(Br)c(O)c(OC)c1. The van der Waals surface area contributed by atoms with Gasteiger partial charge in [-0.05, 0) is 46.0 Å². The molecule has 0 radical (unpaired) electrons. The lowest BCUT2D eigenvalue weighted by molar-refractivity contribution is -0.151. The van der Waals surface area contributed by atoms with Crippen LogP contribution in [0.15, 0.2) is 27.9 Å². The minimum atomic E-state index is -0.895. The van der Waals surface area contributed by atoms with Gasteiger partial charge in [-0.1, -0.05) is 6.92 Å². The number of methoxy groups -OCH3 is 2.